The summed E-state index contributed by atoms with van der Waals surface area (Å²) in [7, 11) is 0. The second-order valence-electron chi connectivity index (χ2n) is 5.22. The minimum absolute atomic E-state index is 0.251. The van der Waals surface area contributed by atoms with Crippen molar-refractivity contribution >= 4 is 5.78 Å². The highest BCUT2D eigenvalue weighted by atomic mass is 16.5. The van der Waals surface area contributed by atoms with Gasteiger partial charge in [0.2, 0.25) is 0 Å². The van der Waals surface area contributed by atoms with E-state index in [0.29, 0.717) is 12.3 Å². The fourth-order valence-electron chi connectivity index (χ4n) is 2.90. The van der Waals surface area contributed by atoms with Gasteiger partial charge in [-0.2, -0.15) is 0 Å². The van der Waals surface area contributed by atoms with E-state index in [-0.39, 0.29) is 5.78 Å². The Morgan fingerprint density at radius 1 is 1.05 bits per heavy atom. The molecular formula is C16H19NO2. The van der Waals surface area contributed by atoms with Gasteiger partial charge in [-0.1, -0.05) is 30.3 Å². The van der Waals surface area contributed by atoms with Crippen molar-refractivity contribution in [3.05, 3.63) is 47.7 Å². The second kappa shape index (κ2) is 5.57. The molecule has 19 heavy (non-hydrogen) atoms. The molecule has 2 aliphatic rings. The SMILES string of the molecule is O=C1C=C(N2CCOCC2)C[C@H](c2ccccc2)C1. The molecule has 3 heteroatoms. The first-order valence-electron chi connectivity index (χ1n) is 6.94. The highest BCUT2D eigenvalue weighted by molar-refractivity contribution is 5.92. The van der Waals surface area contributed by atoms with Gasteiger partial charge < -0.3 is 9.64 Å². The van der Waals surface area contributed by atoms with Crippen LogP contribution in [0.5, 0.6) is 0 Å². The largest absolute Gasteiger partial charge is 0.378 e. The molecule has 0 bridgehead atoms. The average molecular weight is 257 g/mol. The van der Waals surface area contributed by atoms with E-state index < -0.39 is 0 Å². The normalized spacial score (nSPS) is 24.2. The predicted molar refractivity (Wildman–Crippen MR) is 73.9 cm³/mol. The van der Waals surface area contributed by atoms with Crippen molar-refractivity contribution in [2.24, 2.45) is 0 Å². The number of ketones is 1. The van der Waals surface area contributed by atoms with Crippen LogP contribution in [0.1, 0.15) is 24.3 Å². The smallest absolute Gasteiger partial charge is 0.158 e. The molecule has 1 aliphatic heterocycles. The van der Waals surface area contributed by atoms with Crippen LogP contribution in [0.2, 0.25) is 0 Å². The third-order valence-corrected chi connectivity index (χ3v) is 3.92. The number of hydrogen-bond acceptors (Lipinski definition) is 3. The third-order valence-electron chi connectivity index (χ3n) is 3.92. The quantitative estimate of drug-likeness (QED) is 0.814. The summed E-state index contributed by atoms with van der Waals surface area (Å²) in [5, 5.41) is 0. The zero-order valence-electron chi connectivity index (χ0n) is 11.0. The van der Waals surface area contributed by atoms with Gasteiger partial charge in [0.15, 0.2) is 5.78 Å². The Morgan fingerprint density at radius 2 is 1.79 bits per heavy atom. The second-order valence-corrected chi connectivity index (χ2v) is 5.22. The van der Waals surface area contributed by atoms with E-state index in [4.69, 9.17) is 4.74 Å². The van der Waals surface area contributed by atoms with Gasteiger partial charge in [0, 0.05) is 31.3 Å². The Morgan fingerprint density at radius 3 is 2.53 bits per heavy atom. The number of morpholine rings is 1. The molecule has 1 aromatic carbocycles. The van der Waals surface area contributed by atoms with Gasteiger partial charge in [0.1, 0.15) is 0 Å². The summed E-state index contributed by atoms with van der Waals surface area (Å²) in [5.41, 5.74) is 2.46. The lowest BCUT2D eigenvalue weighted by Crippen LogP contribution is -2.37. The molecule has 1 saturated heterocycles. The molecular weight excluding hydrogens is 238 g/mol. The molecule has 0 aromatic heterocycles. The highest BCUT2D eigenvalue weighted by Gasteiger charge is 2.25. The van der Waals surface area contributed by atoms with Crippen molar-refractivity contribution in [3.63, 3.8) is 0 Å². The first-order chi connectivity index (χ1) is 9.33. The first kappa shape index (κ1) is 12.4. The fraction of sp³-hybridized carbons (Fsp3) is 0.438. The maximum atomic E-state index is 12.0. The van der Waals surface area contributed by atoms with Gasteiger partial charge in [-0.15, -0.1) is 0 Å². The van der Waals surface area contributed by atoms with Crippen LogP contribution in [-0.4, -0.2) is 37.0 Å². The minimum atomic E-state index is 0.251. The Balaban J connectivity index is 1.77. The van der Waals surface area contributed by atoms with Gasteiger partial charge in [-0.3, -0.25) is 4.79 Å². The molecule has 1 fully saturated rings. The molecule has 1 heterocycles. The Hall–Kier alpha value is -1.61. The van der Waals surface area contributed by atoms with E-state index in [1.807, 2.05) is 24.3 Å². The number of benzene rings is 1. The van der Waals surface area contributed by atoms with Crippen molar-refractivity contribution in [1.29, 1.82) is 0 Å². The summed E-state index contributed by atoms with van der Waals surface area (Å²) in [4.78, 5) is 14.3. The van der Waals surface area contributed by atoms with Gasteiger partial charge in [0.05, 0.1) is 13.2 Å². The molecule has 0 amide bonds. The summed E-state index contributed by atoms with van der Waals surface area (Å²) < 4.78 is 5.38. The molecule has 0 spiro atoms. The number of hydrogen-bond donors (Lipinski definition) is 0. The van der Waals surface area contributed by atoms with Crippen molar-refractivity contribution in [1.82, 2.24) is 4.90 Å². The number of nitrogens with zero attached hydrogens (tertiary/aromatic N) is 1. The number of allylic oxidation sites excluding steroid dienone is 2. The summed E-state index contributed by atoms with van der Waals surface area (Å²) in [6.07, 6.45) is 3.44. The molecule has 0 radical (unpaired) electrons. The molecule has 1 aliphatic carbocycles. The molecule has 0 saturated carbocycles. The van der Waals surface area contributed by atoms with E-state index in [2.05, 4.69) is 17.0 Å². The Kier molecular flexibility index (Phi) is 3.65. The predicted octanol–water partition coefficient (Wildman–Crippen LogP) is 2.35. The van der Waals surface area contributed by atoms with Crippen molar-refractivity contribution in [3.8, 4) is 0 Å². The Labute approximate surface area is 113 Å². The van der Waals surface area contributed by atoms with Gasteiger partial charge in [0.25, 0.3) is 0 Å². The lowest BCUT2D eigenvalue weighted by molar-refractivity contribution is -0.115. The zero-order chi connectivity index (χ0) is 13.1. The number of rotatable bonds is 2. The summed E-state index contributed by atoms with van der Waals surface area (Å²) in [5.74, 6) is 0.582. The molecule has 0 N–H and O–H groups in total. The van der Waals surface area contributed by atoms with Gasteiger partial charge >= 0.3 is 0 Å². The Bertz CT molecular complexity index is 475. The van der Waals surface area contributed by atoms with Gasteiger partial charge in [-0.25, -0.2) is 0 Å². The van der Waals surface area contributed by atoms with Crippen LogP contribution in [0.25, 0.3) is 0 Å². The van der Waals surface area contributed by atoms with E-state index >= 15 is 0 Å². The van der Waals surface area contributed by atoms with Crippen LogP contribution < -0.4 is 0 Å². The molecule has 1 aromatic rings. The maximum absolute atomic E-state index is 12.0. The number of ether oxygens (including phenoxy) is 1. The lowest BCUT2D eigenvalue weighted by atomic mass is 9.85. The fourth-order valence-corrected chi connectivity index (χ4v) is 2.90. The topological polar surface area (TPSA) is 29.5 Å². The molecule has 100 valence electrons. The molecule has 0 unspecified atom stereocenters. The highest BCUT2D eigenvalue weighted by Crippen LogP contribution is 2.32. The third kappa shape index (κ3) is 2.87. The molecule has 3 rings (SSSR count). The van der Waals surface area contributed by atoms with E-state index in [1.165, 1.54) is 11.3 Å². The van der Waals surface area contributed by atoms with Crippen molar-refractivity contribution in [2.75, 3.05) is 26.3 Å². The van der Waals surface area contributed by atoms with Crippen LogP contribution in [0.4, 0.5) is 0 Å². The number of carbonyl (C=O) groups excluding carboxylic acids is 1. The van der Waals surface area contributed by atoms with Crippen LogP contribution >= 0.6 is 0 Å². The zero-order valence-corrected chi connectivity index (χ0v) is 11.0. The van der Waals surface area contributed by atoms with Crippen molar-refractivity contribution < 1.29 is 9.53 Å². The van der Waals surface area contributed by atoms with E-state index in [1.54, 1.807) is 0 Å². The van der Waals surface area contributed by atoms with Crippen LogP contribution in [-0.2, 0) is 9.53 Å². The standard InChI is InChI=1S/C16H19NO2/c18-16-11-14(13-4-2-1-3-5-13)10-15(12-16)17-6-8-19-9-7-17/h1-5,12,14H,6-11H2/t14-/m0/s1. The van der Waals surface area contributed by atoms with Gasteiger partial charge in [-0.05, 0) is 17.9 Å². The van der Waals surface area contributed by atoms with Crippen LogP contribution in [0.15, 0.2) is 42.1 Å². The average Bonchev–Trinajstić information content (AvgIpc) is 2.48. The van der Waals surface area contributed by atoms with E-state index in [9.17, 15) is 4.79 Å². The van der Waals surface area contributed by atoms with E-state index in [0.717, 1.165) is 32.7 Å². The summed E-state index contributed by atoms with van der Waals surface area (Å²) in [6, 6.07) is 10.4. The lowest BCUT2D eigenvalue weighted by Gasteiger charge is -2.34. The monoisotopic (exact) mass is 257 g/mol. The first-order valence-corrected chi connectivity index (χ1v) is 6.94. The number of carbonyl (C=O) groups is 1. The van der Waals surface area contributed by atoms with Crippen LogP contribution in [0, 0.1) is 0 Å². The summed E-state index contributed by atoms with van der Waals surface area (Å²) >= 11 is 0. The maximum Gasteiger partial charge on any atom is 0.158 e. The molecule has 1 atom stereocenters. The van der Waals surface area contributed by atoms with Crippen LogP contribution in [0.3, 0.4) is 0 Å². The minimum Gasteiger partial charge on any atom is -0.378 e. The molecule has 3 nitrogen and oxygen atoms in total. The summed E-state index contributed by atoms with van der Waals surface area (Å²) in [6.45, 7) is 3.34. The van der Waals surface area contributed by atoms with Crippen molar-refractivity contribution in [2.45, 2.75) is 18.8 Å².